The predicted octanol–water partition coefficient (Wildman–Crippen LogP) is 2.79. The average Bonchev–Trinajstić information content (AvgIpc) is 2.34. The molecule has 1 aromatic carbocycles. The first-order valence-corrected chi connectivity index (χ1v) is 5.86. The Morgan fingerprint density at radius 2 is 2.33 bits per heavy atom. The highest BCUT2D eigenvalue weighted by atomic mass is 35.5. The van der Waals surface area contributed by atoms with Crippen molar-refractivity contribution in [3.63, 3.8) is 0 Å². The second-order valence-corrected chi connectivity index (χ2v) is 4.10. The molecule has 1 N–H and O–H groups in total. The minimum absolute atomic E-state index is 0.0566. The van der Waals surface area contributed by atoms with Gasteiger partial charge < -0.3 is 10.1 Å². The van der Waals surface area contributed by atoms with Gasteiger partial charge in [-0.1, -0.05) is 25.1 Å². The van der Waals surface area contributed by atoms with Crippen molar-refractivity contribution in [1.82, 2.24) is 5.32 Å². The molecule has 0 bridgehead atoms. The molecule has 0 fully saturated rings. The van der Waals surface area contributed by atoms with Crippen LogP contribution < -0.4 is 10.1 Å². The van der Waals surface area contributed by atoms with Gasteiger partial charge in [0.1, 0.15) is 12.4 Å². The number of nitro benzene ring substituents is 1. The van der Waals surface area contributed by atoms with Gasteiger partial charge in [-0.05, 0) is 18.2 Å². The third-order valence-corrected chi connectivity index (χ3v) is 2.48. The van der Waals surface area contributed by atoms with E-state index < -0.39 is 4.92 Å². The number of ether oxygens (including phenoxy) is 1. The Kier molecular flexibility index (Phi) is 5.61. The lowest BCUT2D eigenvalue weighted by Crippen LogP contribution is -2.18. The fourth-order valence-electron chi connectivity index (χ4n) is 1.25. The van der Waals surface area contributed by atoms with Crippen molar-refractivity contribution in [1.29, 1.82) is 0 Å². The maximum absolute atomic E-state index is 10.5. The van der Waals surface area contributed by atoms with E-state index in [1.807, 2.05) is 6.92 Å². The Balaban J connectivity index is 2.58. The third kappa shape index (κ3) is 4.35. The molecule has 0 saturated carbocycles. The van der Waals surface area contributed by atoms with Gasteiger partial charge in [0.05, 0.1) is 9.95 Å². The molecule has 0 heterocycles. The number of hydrogen-bond donors (Lipinski definition) is 1. The van der Waals surface area contributed by atoms with Crippen LogP contribution in [0, 0.1) is 10.1 Å². The molecular weight excluding hydrogens is 256 g/mol. The molecule has 1 rings (SSSR count). The Morgan fingerprint density at radius 1 is 1.61 bits per heavy atom. The molecule has 18 heavy (non-hydrogen) atoms. The zero-order valence-corrected chi connectivity index (χ0v) is 10.9. The second kappa shape index (κ2) is 6.98. The molecule has 1 aromatic rings. The van der Waals surface area contributed by atoms with Crippen molar-refractivity contribution in [2.75, 3.05) is 19.7 Å². The van der Waals surface area contributed by atoms with Crippen LogP contribution in [0.3, 0.4) is 0 Å². The summed E-state index contributed by atoms with van der Waals surface area (Å²) in [5.74, 6) is 0.417. The van der Waals surface area contributed by atoms with Crippen molar-refractivity contribution in [2.24, 2.45) is 0 Å². The van der Waals surface area contributed by atoms with Crippen LogP contribution in [-0.2, 0) is 0 Å². The van der Waals surface area contributed by atoms with E-state index in [-0.39, 0.29) is 10.7 Å². The van der Waals surface area contributed by atoms with Gasteiger partial charge in [0.15, 0.2) is 0 Å². The summed E-state index contributed by atoms with van der Waals surface area (Å²) in [6.07, 6.45) is 0. The fourth-order valence-corrected chi connectivity index (χ4v) is 1.48. The molecule has 0 amide bonds. The van der Waals surface area contributed by atoms with Gasteiger partial charge in [0, 0.05) is 18.7 Å². The van der Waals surface area contributed by atoms with Crippen LogP contribution in [0.2, 0.25) is 5.02 Å². The van der Waals surface area contributed by atoms with Crippen molar-refractivity contribution in [3.8, 4) is 5.75 Å². The van der Waals surface area contributed by atoms with Gasteiger partial charge in [-0.25, -0.2) is 0 Å². The molecule has 98 valence electrons. The highest BCUT2D eigenvalue weighted by Gasteiger charge is 2.10. The van der Waals surface area contributed by atoms with Crippen LogP contribution in [0.15, 0.2) is 30.4 Å². The van der Waals surface area contributed by atoms with E-state index in [0.717, 1.165) is 12.1 Å². The van der Waals surface area contributed by atoms with Crippen molar-refractivity contribution in [2.45, 2.75) is 6.92 Å². The van der Waals surface area contributed by atoms with E-state index in [0.29, 0.717) is 18.9 Å². The van der Waals surface area contributed by atoms with Gasteiger partial charge in [-0.3, -0.25) is 10.1 Å². The van der Waals surface area contributed by atoms with Crippen molar-refractivity contribution >= 4 is 17.3 Å². The largest absolute Gasteiger partial charge is 0.488 e. The summed E-state index contributed by atoms with van der Waals surface area (Å²) in [5, 5.41) is 13.9. The summed E-state index contributed by atoms with van der Waals surface area (Å²) in [6.45, 7) is 7.70. The minimum Gasteiger partial charge on any atom is -0.488 e. The van der Waals surface area contributed by atoms with Crippen molar-refractivity contribution in [3.05, 3.63) is 45.5 Å². The lowest BCUT2D eigenvalue weighted by atomic mass is 10.3. The zero-order valence-electron chi connectivity index (χ0n) is 10.1. The summed E-state index contributed by atoms with van der Waals surface area (Å²) >= 11 is 5.89. The summed E-state index contributed by atoms with van der Waals surface area (Å²) in [7, 11) is 0. The van der Waals surface area contributed by atoms with Crippen molar-refractivity contribution < 1.29 is 9.66 Å². The topological polar surface area (TPSA) is 64.4 Å². The molecule has 0 atom stereocenters. The van der Waals surface area contributed by atoms with E-state index in [2.05, 4.69) is 11.9 Å². The number of hydrogen-bond acceptors (Lipinski definition) is 4. The second-order valence-electron chi connectivity index (χ2n) is 3.69. The number of rotatable bonds is 7. The van der Waals surface area contributed by atoms with E-state index >= 15 is 0 Å². The molecule has 6 heteroatoms. The molecule has 0 radical (unpaired) electrons. The first-order chi connectivity index (χ1) is 8.54. The number of nitrogens with zero attached hydrogens (tertiary/aromatic N) is 1. The summed E-state index contributed by atoms with van der Waals surface area (Å²) in [5.41, 5.74) is 0.824. The lowest BCUT2D eigenvalue weighted by molar-refractivity contribution is -0.384. The van der Waals surface area contributed by atoms with Gasteiger partial charge in [0.25, 0.3) is 5.69 Å². The standard InChI is InChI=1S/C12H15ClN2O3/c1-3-14-7-9(2)8-18-12-5-4-10(15(16)17)6-11(12)13/h4-6,14H,2-3,7-8H2,1H3. The SMILES string of the molecule is C=C(CNCC)COc1ccc([N+](=O)[O-])cc1Cl. The molecule has 0 aliphatic rings. The Morgan fingerprint density at radius 3 is 2.89 bits per heavy atom. The number of halogens is 1. The zero-order chi connectivity index (χ0) is 13.5. The summed E-state index contributed by atoms with van der Waals surface area (Å²) in [4.78, 5) is 10.0. The average molecular weight is 271 g/mol. The molecule has 0 aliphatic carbocycles. The Bertz CT molecular complexity index is 449. The van der Waals surface area contributed by atoms with Gasteiger partial charge in [-0.2, -0.15) is 0 Å². The normalized spacial score (nSPS) is 10.1. The smallest absolute Gasteiger partial charge is 0.271 e. The number of likely N-dealkylation sites (N-methyl/N-ethyl adjacent to an activating group) is 1. The van der Waals surface area contributed by atoms with E-state index in [9.17, 15) is 10.1 Å². The maximum Gasteiger partial charge on any atom is 0.271 e. The summed E-state index contributed by atoms with van der Waals surface area (Å²) in [6, 6.07) is 4.11. The number of nitro groups is 1. The molecular formula is C12H15ClN2O3. The van der Waals surface area contributed by atoms with E-state index in [4.69, 9.17) is 16.3 Å². The lowest BCUT2D eigenvalue weighted by Gasteiger charge is -2.10. The molecule has 0 unspecified atom stereocenters. The monoisotopic (exact) mass is 270 g/mol. The first kappa shape index (κ1) is 14.5. The van der Waals surface area contributed by atoms with Crippen LogP contribution in [0.5, 0.6) is 5.75 Å². The van der Waals surface area contributed by atoms with Crippen LogP contribution >= 0.6 is 11.6 Å². The third-order valence-electron chi connectivity index (χ3n) is 2.18. The molecule has 0 aliphatic heterocycles. The van der Waals surface area contributed by atoms with E-state index in [1.54, 1.807) is 0 Å². The van der Waals surface area contributed by atoms with Crippen LogP contribution in [0.4, 0.5) is 5.69 Å². The van der Waals surface area contributed by atoms with Gasteiger partial charge in [-0.15, -0.1) is 0 Å². The Hall–Kier alpha value is -1.59. The molecule has 0 saturated heterocycles. The van der Waals surface area contributed by atoms with Gasteiger partial charge in [0.2, 0.25) is 0 Å². The van der Waals surface area contributed by atoms with Gasteiger partial charge >= 0.3 is 0 Å². The number of nitrogens with one attached hydrogen (secondary N) is 1. The first-order valence-electron chi connectivity index (χ1n) is 5.48. The Labute approximate surface area is 111 Å². The van der Waals surface area contributed by atoms with Crippen LogP contribution in [0.1, 0.15) is 6.92 Å². The molecule has 0 aromatic heterocycles. The molecule has 5 nitrogen and oxygen atoms in total. The highest BCUT2D eigenvalue weighted by Crippen LogP contribution is 2.28. The molecule has 0 spiro atoms. The maximum atomic E-state index is 10.5. The van der Waals surface area contributed by atoms with Crippen LogP contribution in [0.25, 0.3) is 0 Å². The summed E-state index contributed by atoms with van der Waals surface area (Å²) < 4.78 is 5.44. The highest BCUT2D eigenvalue weighted by molar-refractivity contribution is 6.32. The number of benzene rings is 1. The number of non-ortho nitro benzene ring substituents is 1. The quantitative estimate of drug-likeness (QED) is 0.470. The fraction of sp³-hybridized carbons (Fsp3) is 0.333. The van der Waals surface area contributed by atoms with Crippen LogP contribution in [-0.4, -0.2) is 24.6 Å². The van der Waals surface area contributed by atoms with E-state index in [1.165, 1.54) is 18.2 Å². The predicted molar refractivity (Wildman–Crippen MR) is 71.3 cm³/mol. The minimum atomic E-state index is -0.500.